The number of carbonyl (C=O) groups excluding carboxylic acids is 1. The fourth-order valence-corrected chi connectivity index (χ4v) is 4.73. The first-order chi connectivity index (χ1) is 13.9. The van der Waals surface area contributed by atoms with E-state index in [1.807, 2.05) is 19.1 Å². The molecule has 1 amide bonds. The zero-order valence-corrected chi connectivity index (χ0v) is 17.4. The van der Waals surface area contributed by atoms with Gasteiger partial charge >= 0.3 is 0 Å². The van der Waals surface area contributed by atoms with Crippen LogP contribution in [0.5, 0.6) is 0 Å². The Labute approximate surface area is 179 Å². The topological polar surface area (TPSA) is 107 Å². The van der Waals surface area contributed by atoms with Gasteiger partial charge in [0.2, 0.25) is 5.91 Å². The summed E-state index contributed by atoms with van der Waals surface area (Å²) < 4.78 is 0.840. The first kappa shape index (κ1) is 19.5. The van der Waals surface area contributed by atoms with Crippen LogP contribution in [0.1, 0.15) is 11.3 Å². The number of hydrogen-bond acceptors (Lipinski definition) is 7. The molecule has 0 atom stereocenters. The molecule has 0 spiro atoms. The second-order valence-corrected chi connectivity index (χ2v) is 8.09. The number of carbonyl (C=O) groups is 1. The summed E-state index contributed by atoms with van der Waals surface area (Å²) in [6.07, 6.45) is 3.22. The molecule has 146 valence electrons. The zero-order valence-electron chi connectivity index (χ0n) is 15.1. The normalized spacial score (nSPS) is 11.0. The van der Waals surface area contributed by atoms with Gasteiger partial charge in [-0.1, -0.05) is 23.2 Å². The third-order valence-corrected chi connectivity index (χ3v) is 5.74. The van der Waals surface area contributed by atoms with Crippen molar-refractivity contribution < 1.29 is 4.79 Å². The molecule has 0 fully saturated rings. The summed E-state index contributed by atoms with van der Waals surface area (Å²) in [6, 6.07) is 7.00. The molecule has 0 saturated heterocycles. The summed E-state index contributed by atoms with van der Waals surface area (Å²) in [7, 11) is 0. The van der Waals surface area contributed by atoms with Gasteiger partial charge in [0.25, 0.3) is 0 Å². The molecule has 0 aliphatic heterocycles. The quantitative estimate of drug-likeness (QED) is 0.467. The number of nitrogens with zero attached hydrogens (tertiary/aromatic N) is 4. The fourth-order valence-electron chi connectivity index (χ4n) is 2.83. The summed E-state index contributed by atoms with van der Waals surface area (Å²) in [5.41, 5.74) is 8.11. The van der Waals surface area contributed by atoms with Crippen LogP contribution in [0.25, 0.3) is 20.8 Å². The van der Waals surface area contributed by atoms with Crippen LogP contribution >= 0.6 is 34.5 Å². The molecule has 29 heavy (non-hydrogen) atoms. The number of benzene rings is 1. The number of aryl methyl sites for hydroxylation is 1. The van der Waals surface area contributed by atoms with E-state index in [1.54, 1.807) is 18.3 Å². The average molecular weight is 445 g/mol. The molecule has 7 nitrogen and oxygen atoms in total. The van der Waals surface area contributed by atoms with Gasteiger partial charge in [0.15, 0.2) is 5.82 Å². The molecule has 0 aliphatic rings. The molecule has 0 radical (unpaired) electrons. The minimum atomic E-state index is -0.452. The molecule has 10 heteroatoms. The van der Waals surface area contributed by atoms with Crippen molar-refractivity contribution >= 4 is 62.3 Å². The van der Waals surface area contributed by atoms with Crippen LogP contribution in [0.2, 0.25) is 10.0 Å². The lowest BCUT2D eigenvalue weighted by molar-refractivity contribution is -0.117. The van der Waals surface area contributed by atoms with Gasteiger partial charge in [-0.2, -0.15) is 0 Å². The van der Waals surface area contributed by atoms with Crippen LogP contribution in [0.4, 0.5) is 11.6 Å². The van der Waals surface area contributed by atoms with Gasteiger partial charge in [-0.05, 0) is 30.7 Å². The van der Waals surface area contributed by atoms with E-state index >= 15 is 0 Å². The summed E-state index contributed by atoms with van der Waals surface area (Å²) >= 11 is 14.3. The Balaban J connectivity index is 1.76. The molecule has 0 aliphatic carbocycles. The maximum absolute atomic E-state index is 11.2. The van der Waals surface area contributed by atoms with Crippen molar-refractivity contribution in [3.05, 3.63) is 58.1 Å². The van der Waals surface area contributed by atoms with E-state index in [2.05, 4.69) is 25.3 Å². The van der Waals surface area contributed by atoms with Crippen molar-refractivity contribution in [2.45, 2.75) is 13.3 Å². The molecule has 1 aromatic carbocycles. The summed E-state index contributed by atoms with van der Waals surface area (Å²) in [5.74, 6) is 0.813. The second kappa shape index (κ2) is 7.90. The number of nitrogens with one attached hydrogen (secondary N) is 1. The zero-order chi connectivity index (χ0) is 20.5. The monoisotopic (exact) mass is 444 g/mol. The highest BCUT2D eigenvalue weighted by Crippen LogP contribution is 2.41. The molecule has 0 unspecified atom stereocenters. The number of fused-ring (bicyclic) bond motifs is 1. The van der Waals surface area contributed by atoms with Crippen molar-refractivity contribution in [1.29, 1.82) is 0 Å². The lowest BCUT2D eigenvalue weighted by Crippen LogP contribution is -2.13. The Morgan fingerprint density at radius 1 is 1.17 bits per heavy atom. The Bertz CT molecular complexity index is 1220. The standard InChI is InChI=1S/C19H14Cl2N6OS/c1-9-4-15(25-8-24-9)27-18-17-13(2-3-23-18)26-19(29-17)16-11(20)5-10(6-12(16)21)7-14(22)28/h2-6,8H,7H2,1H3,(H2,22,28)(H,23,24,25,27). The molecule has 3 heterocycles. The minimum Gasteiger partial charge on any atom is -0.369 e. The molecule has 3 N–H and O–H groups in total. The highest BCUT2D eigenvalue weighted by atomic mass is 35.5. The summed E-state index contributed by atoms with van der Waals surface area (Å²) in [6.45, 7) is 1.89. The number of anilines is 2. The van der Waals surface area contributed by atoms with Crippen molar-refractivity contribution in [1.82, 2.24) is 19.9 Å². The number of amides is 1. The minimum absolute atomic E-state index is 0.0654. The average Bonchev–Trinajstić information content (AvgIpc) is 3.05. The van der Waals surface area contributed by atoms with E-state index in [0.29, 0.717) is 37.8 Å². The highest BCUT2D eigenvalue weighted by Gasteiger charge is 2.17. The Morgan fingerprint density at radius 2 is 1.93 bits per heavy atom. The number of aromatic nitrogens is 4. The predicted molar refractivity (Wildman–Crippen MR) is 116 cm³/mol. The van der Waals surface area contributed by atoms with E-state index in [9.17, 15) is 4.79 Å². The first-order valence-corrected chi connectivity index (χ1v) is 10.1. The second-order valence-electron chi connectivity index (χ2n) is 6.27. The fraction of sp³-hybridized carbons (Fsp3) is 0.105. The molecular weight excluding hydrogens is 431 g/mol. The van der Waals surface area contributed by atoms with E-state index in [0.717, 1.165) is 15.9 Å². The van der Waals surface area contributed by atoms with Crippen LogP contribution in [-0.2, 0) is 11.2 Å². The van der Waals surface area contributed by atoms with E-state index in [-0.39, 0.29) is 6.42 Å². The van der Waals surface area contributed by atoms with Gasteiger partial charge in [-0.3, -0.25) is 4.79 Å². The lowest BCUT2D eigenvalue weighted by atomic mass is 10.1. The number of nitrogens with two attached hydrogens (primary N) is 1. The van der Waals surface area contributed by atoms with Crippen molar-refractivity contribution in [3.8, 4) is 10.6 Å². The molecule has 0 bridgehead atoms. The van der Waals surface area contributed by atoms with Crippen LogP contribution in [0.15, 0.2) is 36.8 Å². The lowest BCUT2D eigenvalue weighted by Gasteiger charge is -2.07. The van der Waals surface area contributed by atoms with Gasteiger partial charge in [-0.25, -0.2) is 19.9 Å². The number of halogens is 2. The Morgan fingerprint density at radius 3 is 2.62 bits per heavy atom. The van der Waals surface area contributed by atoms with E-state index < -0.39 is 5.91 Å². The summed E-state index contributed by atoms with van der Waals surface area (Å²) in [4.78, 5) is 28.5. The van der Waals surface area contributed by atoms with Crippen molar-refractivity contribution in [2.75, 3.05) is 5.32 Å². The molecule has 0 saturated carbocycles. The number of rotatable bonds is 5. The maximum Gasteiger partial charge on any atom is 0.221 e. The van der Waals surface area contributed by atoms with Gasteiger partial charge < -0.3 is 11.1 Å². The van der Waals surface area contributed by atoms with Crippen LogP contribution in [-0.4, -0.2) is 25.8 Å². The smallest absolute Gasteiger partial charge is 0.221 e. The van der Waals surface area contributed by atoms with E-state index in [1.165, 1.54) is 17.7 Å². The third kappa shape index (κ3) is 4.14. The number of hydrogen-bond donors (Lipinski definition) is 2. The van der Waals surface area contributed by atoms with Gasteiger partial charge in [0.1, 0.15) is 17.2 Å². The number of pyridine rings is 1. The number of thiazole rings is 1. The van der Waals surface area contributed by atoms with Gasteiger partial charge in [0, 0.05) is 23.5 Å². The molecule has 4 aromatic rings. The van der Waals surface area contributed by atoms with Gasteiger partial charge in [-0.15, -0.1) is 11.3 Å². The largest absolute Gasteiger partial charge is 0.369 e. The maximum atomic E-state index is 11.2. The SMILES string of the molecule is Cc1cc(Nc2nccc3nc(-c4c(Cl)cc(CC(N)=O)cc4Cl)sc23)ncn1. The molecule has 4 rings (SSSR count). The Kier molecular flexibility index (Phi) is 5.31. The van der Waals surface area contributed by atoms with Crippen molar-refractivity contribution in [2.24, 2.45) is 5.73 Å². The third-order valence-electron chi connectivity index (χ3n) is 4.05. The molecule has 3 aromatic heterocycles. The van der Waals surface area contributed by atoms with Crippen LogP contribution < -0.4 is 11.1 Å². The Hall–Kier alpha value is -2.81. The first-order valence-electron chi connectivity index (χ1n) is 8.48. The highest BCUT2D eigenvalue weighted by molar-refractivity contribution is 7.22. The predicted octanol–water partition coefficient (Wildman–Crippen LogP) is 4.53. The van der Waals surface area contributed by atoms with Gasteiger partial charge in [0.05, 0.1) is 26.7 Å². The van der Waals surface area contributed by atoms with Crippen molar-refractivity contribution in [3.63, 3.8) is 0 Å². The van der Waals surface area contributed by atoms with E-state index in [4.69, 9.17) is 28.9 Å². The van der Waals surface area contributed by atoms with Crippen LogP contribution in [0.3, 0.4) is 0 Å². The number of primary amides is 1. The van der Waals surface area contributed by atoms with Crippen LogP contribution in [0, 0.1) is 6.92 Å². The molecular formula is C19H14Cl2N6OS. The summed E-state index contributed by atoms with van der Waals surface area (Å²) in [5, 5.41) is 4.66.